The van der Waals surface area contributed by atoms with Crippen LogP contribution in [0.25, 0.3) is 5.01 Å². The lowest BCUT2D eigenvalue weighted by molar-refractivity contribution is 0.608. The molecule has 0 bridgehead atoms. The lowest BCUT2D eigenvalue weighted by atomic mass is 10.00. The van der Waals surface area contributed by atoms with E-state index in [9.17, 15) is 5.21 Å². The Bertz CT molecular complexity index is 225. The SMILES string of the molecule is [O-][N+]#CC1C#CCCCCC1. The average molecular weight is 149 g/mol. The first-order chi connectivity index (χ1) is 5.43. The highest BCUT2D eigenvalue weighted by Gasteiger charge is 2.08. The average Bonchev–Trinajstić information content (AvgIpc) is 1.94. The molecule has 0 saturated carbocycles. The summed E-state index contributed by atoms with van der Waals surface area (Å²) >= 11 is 0. The lowest BCUT2D eigenvalue weighted by Crippen LogP contribution is -1.95. The van der Waals surface area contributed by atoms with Crippen molar-refractivity contribution in [3.05, 3.63) is 10.2 Å². The topological polar surface area (TPSA) is 27.4 Å². The maximum atomic E-state index is 9.84. The highest BCUT2D eigenvalue weighted by molar-refractivity contribution is 5.15. The fourth-order valence-corrected chi connectivity index (χ4v) is 1.17. The van der Waals surface area contributed by atoms with E-state index in [-0.39, 0.29) is 5.92 Å². The van der Waals surface area contributed by atoms with Crippen molar-refractivity contribution in [3.63, 3.8) is 0 Å². The van der Waals surface area contributed by atoms with E-state index in [4.69, 9.17) is 0 Å². The number of hydrogen-bond donors (Lipinski definition) is 0. The Kier molecular flexibility index (Phi) is 3.35. The van der Waals surface area contributed by atoms with Crippen molar-refractivity contribution in [3.8, 4) is 17.9 Å². The first kappa shape index (κ1) is 7.95. The highest BCUT2D eigenvalue weighted by atomic mass is 16.4. The van der Waals surface area contributed by atoms with Crippen LogP contribution in [0.2, 0.25) is 0 Å². The van der Waals surface area contributed by atoms with Gasteiger partial charge in [-0.05, 0) is 12.8 Å². The molecule has 0 heterocycles. The molecule has 1 aliphatic rings. The summed E-state index contributed by atoms with van der Waals surface area (Å²) in [6.45, 7) is 0. The van der Waals surface area contributed by atoms with E-state index in [1.54, 1.807) is 0 Å². The second-order valence-corrected chi connectivity index (χ2v) is 2.69. The summed E-state index contributed by atoms with van der Waals surface area (Å²) in [4.78, 5) is 0. The van der Waals surface area contributed by atoms with E-state index >= 15 is 0 Å². The van der Waals surface area contributed by atoms with Crippen LogP contribution in [0, 0.1) is 29.0 Å². The van der Waals surface area contributed by atoms with Gasteiger partial charge in [0, 0.05) is 11.4 Å². The molecule has 2 heteroatoms. The molecule has 0 saturated heterocycles. The minimum atomic E-state index is -0.00667. The zero-order valence-corrected chi connectivity index (χ0v) is 6.47. The summed E-state index contributed by atoms with van der Waals surface area (Å²) in [5.41, 5.74) is 0. The fraction of sp³-hybridized carbons (Fsp3) is 0.667. The monoisotopic (exact) mass is 149 g/mol. The van der Waals surface area contributed by atoms with Crippen LogP contribution >= 0.6 is 0 Å². The van der Waals surface area contributed by atoms with E-state index in [1.165, 1.54) is 12.8 Å². The van der Waals surface area contributed by atoms with Crippen molar-refractivity contribution >= 4 is 0 Å². The molecule has 0 aromatic carbocycles. The van der Waals surface area contributed by atoms with Crippen LogP contribution in [-0.4, -0.2) is 0 Å². The number of nitrogens with zero attached hydrogens (tertiary/aromatic N) is 1. The van der Waals surface area contributed by atoms with Gasteiger partial charge >= 0.3 is 6.07 Å². The van der Waals surface area contributed by atoms with E-state index in [0.717, 1.165) is 19.3 Å². The molecule has 0 aliphatic heterocycles. The molecular formula is C9H11NO. The van der Waals surface area contributed by atoms with Gasteiger partial charge in [-0.1, -0.05) is 18.8 Å². The first-order valence-corrected chi connectivity index (χ1v) is 4.00. The van der Waals surface area contributed by atoms with Gasteiger partial charge in [0.2, 0.25) is 0 Å². The highest BCUT2D eigenvalue weighted by Crippen LogP contribution is 2.12. The molecule has 1 atom stereocenters. The second-order valence-electron chi connectivity index (χ2n) is 2.69. The van der Waals surface area contributed by atoms with Gasteiger partial charge in [0.15, 0.2) is 5.92 Å². The maximum absolute atomic E-state index is 9.84. The van der Waals surface area contributed by atoms with Crippen molar-refractivity contribution < 1.29 is 0 Å². The predicted molar refractivity (Wildman–Crippen MR) is 45.0 cm³/mol. The Balaban J connectivity index is 2.52. The quantitative estimate of drug-likeness (QED) is 0.384. The number of hydrogen-bond acceptors (Lipinski definition) is 1. The molecule has 1 rings (SSSR count). The molecule has 1 aliphatic carbocycles. The van der Waals surface area contributed by atoms with E-state index in [0.29, 0.717) is 0 Å². The Morgan fingerprint density at radius 1 is 1.36 bits per heavy atom. The standard InChI is InChI=1S/C9H11NO/c11-10-8-9-6-4-2-1-3-5-7-9/h9H,1-4,6H2. The Hall–Kier alpha value is -1.15. The first-order valence-electron chi connectivity index (χ1n) is 4.00. The molecule has 58 valence electrons. The molecule has 2 nitrogen and oxygen atoms in total. The summed E-state index contributed by atoms with van der Waals surface area (Å²) in [6, 6.07) is 2.45. The van der Waals surface area contributed by atoms with Crippen molar-refractivity contribution in [1.29, 1.82) is 0 Å². The van der Waals surface area contributed by atoms with Crippen LogP contribution in [-0.2, 0) is 0 Å². The Morgan fingerprint density at radius 3 is 3.09 bits per heavy atom. The van der Waals surface area contributed by atoms with Gasteiger partial charge in [0.1, 0.15) is 0 Å². The van der Waals surface area contributed by atoms with Crippen LogP contribution in [0.5, 0.6) is 0 Å². The van der Waals surface area contributed by atoms with E-state index in [1.807, 2.05) is 0 Å². The van der Waals surface area contributed by atoms with Gasteiger partial charge in [-0.15, -0.1) is 5.92 Å². The van der Waals surface area contributed by atoms with Gasteiger partial charge in [-0.25, -0.2) is 0 Å². The molecule has 0 N–H and O–H groups in total. The molecule has 11 heavy (non-hydrogen) atoms. The number of rotatable bonds is 0. The lowest BCUT2D eigenvalue weighted by Gasteiger charge is -2.01. The molecule has 0 amide bonds. The summed E-state index contributed by atoms with van der Waals surface area (Å²) in [7, 11) is 0. The van der Waals surface area contributed by atoms with E-state index in [2.05, 4.69) is 22.9 Å². The van der Waals surface area contributed by atoms with Crippen LogP contribution in [0.15, 0.2) is 0 Å². The van der Waals surface area contributed by atoms with Crippen molar-refractivity contribution in [2.24, 2.45) is 5.92 Å². The predicted octanol–water partition coefficient (Wildman–Crippen LogP) is 2.40. The third kappa shape index (κ3) is 2.96. The van der Waals surface area contributed by atoms with Crippen molar-refractivity contribution in [2.45, 2.75) is 32.1 Å². The molecule has 1 unspecified atom stereocenters. The minimum Gasteiger partial charge on any atom is -0.498 e. The zero-order valence-electron chi connectivity index (χ0n) is 6.47. The second kappa shape index (κ2) is 4.63. The van der Waals surface area contributed by atoms with Crippen LogP contribution in [0.1, 0.15) is 32.1 Å². The van der Waals surface area contributed by atoms with Crippen LogP contribution in [0.4, 0.5) is 0 Å². The largest absolute Gasteiger partial charge is 0.498 e. The molecule has 0 radical (unpaired) electrons. The molecule has 0 aromatic rings. The van der Waals surface area contributed by atoms with E-state index < -0.39 is 0 Å². The third-order valence-electron chi connectivity index (χ3n) is 1.78. The Morgan fingerprint density at radius 2 is 2.27 bits per heavy atom. The van der Waals surface area contributed by atoms with Gasteiger partial charge in [-0.2, -0.15) is 0 Å². The third-order valence-corrected chi connectivity index (χ3v) is 1.78. The van der Waals surface area contributed by atoms with Gasteiger partial charge in [-0.3, -0.25) is 0 Å². The fourth-order valence-electron chi connectivity index (χ4n) is 1.17. The van der Waals surface area contributed by atoms with Crippen LogP contribution in [0.3, 0.4) is 0 Å². The normalized spacial score (nSPS) is 23.1. The molecular weight excluding hydrogens is 138 g/mol. The van der Waals surface area contributed by atoms with Crippen molar-refractivity contribution in [1.82, 2.24) is 0 Å². The van der Waals surface area contributed by atoms with Gasteiger partial charge < -0.3 is 5.21 Å². The zero-order chi connectivity index (χ0) is 7.94. The van der Waals surface area contributed by atoms with Gasteiger partial charge in [0.25, 0.3) is 0 Å². The smallest absolute Gasteiger partial charge is 0.314 e. The maximum Gasteiger partial charge on any atom is 0.314 e. The summed E-state index contributed by atoms with van der Waals surface area (Å²) in [5.74, 6) is 5.97. The van der Waals surface area contributed by atoms with Crippen LogP contribution < -0.4 is 0 Å². The van der Waals surface area contributed by atoms with Crippen molar-refractivity contribution in [2.75, 3.05) is 0 Å². The minimum absolute atomic E-state index is 0.00667. The molecule has 0 fully saturated rings. The summed E-state index contributed by atoms with van der Waals surface area (Å²) in [6.07, 6.45) is 5.44. The molecule has 0 aromatic heterocycles. The Labute approximate surface area is 67.0 Å². The summed E-state index contributed by atoms with van der Waals surface area (Å²) in [5, 5.41) is 12.5. The van der Waals surface area contributed by atoms with Gasteiger partial charge in [0.05, 0.1) is 0 Å². The summed E-state index contributed by atoms with van der Waals surface area (Å²) < 4.78 is 0. The molecule has 0 spiro atoms.